The van der Waals surface area contributed by atoms with E-state index in [0.717, 1.165) is 15.2 Å². The second kappa shape index (κ2) is 7.10. The first-order valence-corrected chi connectivity index (χ1v) is 9.02. The van der Waals surface area contributed by atoms with Crippen LogP contribution in [0.15, 0.2) is 41.7 Å². The van der Waals surface area contributed by atoms with Crippen molar-refractivity contribution < 1.29 is 9.53 Å². The standard InChI is InChI=1S/C17H16N2O2S2/c1-11-12(2)23-16-14(11)15(18-10-19-16)22-9-8-21-17(20)13-6-4-3-5-7-13/h3-7,10H,8-9H2,1-2H3. The number of hydrogen-bond acceptors (Lipinski definition) is 6. The Kier molecular flexibility index (Phi) is 4.93. The zero-order chi connectivity index (χ0) is 16.2. The van der Waals surface area contributed by atoms with E-state index >= 15 is 0 Å². The second-order valence-electron chi connectivity index (χ2n) is 4.99. The van der Waals surface area contributed by atoms with Crippen LogP contribution in [-0.2, 0) is 4.74 Å². The van der Waals surface area contributed by atoms with E-state index in [9.17, 15) is 4.79 Å². The first-order chi connectivity index (χ1) is 11.2. The number of hydrogen-bond donors (Lipinski definition) is 0. The number of carbonyl (C=O) groups is 1. The average molecular weight is 344 g/mol. The molecule has 1 aromatic carbocycles. The fraction of sp³-hybridized carbons (Fsp3) is 0.235. The molecule has 0 atom stereocenters. The van der Waals surface area contributed by atoms with Gasteiger partial charge in [-0.2, -0.15) is 0 Å². The topological polar surface area (TPSA) is 52.1 Å². The molecule has 6 heteroatoms. The summed E-state index contributed by atoms with van der Waals surface area (Å²) >= 11 is 3.28. The predicted octanol–water partition coefficient (Wildman–Crippen LogP) is 4.26. The Labute approximate surface area is 142 Å². The third-order valence-electron chi connectivity index (χ3n) is 3.50. The minimum atomic E-state index is -0.290. The first kappa shape index (κ1) is 16.0. The lowest BCUT2D eigenvalue weighted by Gasteiger charge is -2.05. The smallest absolute Gasteiger partial charge is 0.338 e. The fourth-order valence-electron chi connectivity index (χ4n) is 2.19. The second-order valence-corrected chi connectivity index (χ2v) is 7.28. The monoisotopic (exact) mass is 344 g/mol. The van der Waals surface area contributed by atoms with Gasteiger partial charge < -0.3 is 4.74 Å². The van der Waals surface area contributed by atoms with Crippen molar-refractivity contribution in [1.82, 2.24) is 9.97 Å². The maximum atomic E-state index is 11.9. The van der Waals surface area contributed by atoms with Crippen LogP contribution in [0.25, 0.3) is 10.2 Å². The largest absolute Gasteiger partial charge is 0.461 e. The van der Waals surface area contributed by atoms with E-state index in [1.54, 1.807) is 41.6 Å². The van der Waals surface area contributed by atoms with Crippen LogP contribution < -0.4 is 0 Å². The summed E-state index contributed by atoms with van der Waals surface area (Å²) in [5.41, 5.74) is 1.81. The number of ether oxygens (including phenoxy) is 1. The Morgan fingerprint density at radius 1 is 1.22 bits per heavy atom. The molecule has 3 aromatic rings. The number of rotatable bonds is 5. The van der Waals surface area contributed by atoms with Crippen molar-refractivity contribution in [3.05, 3.63) is 52.7 Å². The molecule has 0 aliphatic rings. The summed E-state index contributed by atoms with van der Waals surface area (Å²) < 4.78 is 5.30. The highest BCUT2D eigenvalue weighted by Gasteiger charge is 2.12. The summed E-state index contributed by atoms with van der Waals surface area (Å²) in [6.45, 7) is 4.54. The minimum Gasteiger partial charge on any atom is -0.461 e. The summed E-state index contributed by atoms with van der Waals surface area (Å²) in [5, 5.41) is 2.07. The number of aryl methyl sites for hydroxylation is 2. The van der Waals surface area contributed by atoms with Crippen LogP contribution in [-0.4, -0.2) is 28.3 Å². The van der Waals surface area contributed by atoms with Gasteiger partial charge in [0, 0.05) is 16.0 Å². The molecule has 0 aliphatic heterocycles. The van der Waals surface area contributed by atoms with Crippen LogP contribution in [0.1, 0.15) is 20.8 Å². The normalized spacial score (nSPS) is 10.9. The summed E-state index contributed by atoms with van der Waals surface area (Å²) in [6, 6.07) is 9.02. The molecule has 3 rings (SSSR count). The van der Waals surface area contributed by atoms with Crippen LogP contribution in [0.4, 0.5) is 0 Å². The van der Waals surface area contributed by atoms with Gasteiger partial charge in [-0.1, -0.05) is 18.2 Å². The van der Waals surface area contributed by atoms with Gasteiger partial charge in [-0.15, -0.1) is 23.1 Å². The number of carbonyl (C=O) groups excluding carboxylic acids is 1. The van der Waals surface area contributed by atoms with Gasteiger partial charge in [0.2, 0.25) is 0 Å². The van der Waals surface area contributed by atoms with Gasteiger partial charge in [-0.05, 0) is 31.5 Å². The lowest BCUT2D eigenvalue weighted by atomic mass is 10.2. The third-order valence-corrected chi connectivity index (χ3v) is 5.56. The molecule has 0 bridgehead atoms. The van der Waals surface area contributed by atoms with E-state index in [0.29, 0.717) is 17.9 Å². The molecule has 23 heavy (non-hydrogen) atoms. The Bertz CT molecular complexity index is 831. The van der Waals surface area contributed by atoms with E-state index in [2.05, 4.69) is 23.8 Å². The Morgan fingerprint density at radius 2 is 2.00 bits per heavy atom. The zero-order valence-electron chi connectivity index (χ0n) is 12.9. The summed E-state index contributed by atoms with van der Waals surface area (Å²) in [5.74, 6) is 0.376. The SMILES string of the molecule is Cc1sc2ncnc(SCCOC(=O)c3ccccc3)c2c1C. The predicted molar refractivity (Wildman–Crippen MR) is 94.3 cm³/mol. The molecule has 0 radical (unpaired) electrons. The minimum absolute atomic E-state index is 0.290. The highest BCUT2D eigenvalue weighted by atomic mass is 32.2. The lowest BCUT2D eigenvalue weighted by molar-refractivity contribution is 0.0530. The van der Waals surface area contributed by atoms with Crippen LogP contribution in [0.3, 0.4) is 0 Å². The maximum Gasteiger partial charge on any atom is 0.338 e. The van der Waals surface area contributed by atoms with Gasteiger partial charge >= 0.3 is 5.97 Å². The van der Waals surface area contributed by atoms with E-state index in [4.69, 9.17) is 4.74 Å². The molecule has 0 N–H and O–H groups in total. The summed E-state index contributed by atoms with van der Waals surface area (Å²) in [7, 11) is 0. The van der Waals surface area contributed by atoms with Gasteiger partial charge in [0.05, 0.1) is 5.56 Å². The molecule has 0 saturated carbocycles. The van der Waals surface area contributed by atoms with Gasteiger partial charge in [0.25, 0.3) is 0 Å². The number of thioether (sulfide) groups is 1. The first-order valence-electron chi connectivity index (χ1n) is 7.22. The summed E-state index contributed by atoms with van der Waals surface area (Å²) in [6.07, 6.45) is 1.59. The molecule has 0 amide bonds. The van der Waals surface area contributed by atoms with Crippen molar-refractivity contribution >= 4 is 39.3 Å². The van der Waals surface area contributed by atoms with Crippen molar-refractivity contribution in [1.29, 1.82) is 0 Å². The van der Waals surface area contributed by atoms with Crippen LogP contribution in [0.5, 0.6) is 0 Å². The van der Waals surface area contributed by atoms with E-state index in [-0.39, 0.29) is 5.97 Å². The molecule has 118 valence electrons. The van der Waals surface area contributed by atoms with E-state index < -0.39 is 0 Å². The fourth-order valence-corrected chi connectivity index (χ4v) is 4.13. The number of benzene rings is 1. The number of aromatic nitrogens is 2. The zero-order valence-corrected chi connectivity index (χ0v) is 14.5. The lowest BCUT2D eigenvalue weighted by Crippen LogP contribution is -2.07. The van der Waals surface area contributed by atoms with E-state index in [1.807, 2.05) is 18.2 Å². The Hall–Kier alpha value is -1.92. The molecule has 2 heterocycles. The van der Waals surface area contributed by atoms with Gasteiger partial charge in [-0.3, -0.25) is 0 Å². The molecule has 0 spiro atoms. The highest BCUT2D eigenvalue weighted by molar-refractivity contribution is 7.99. The summed E-state index contributed by atoms with van der Waals surface area (Å²) in [4.78, 5) is 22.8. The number of esters is 1. The van der Waals surface area contributed by atoms with Gasteiger partial charge in [-0.25, -0.2) is 14.8 Å². The molecule has 0 aliphatic carbocycles. The molecular weight excluding hydrogens is 328 g/mol. The van der Waals surface area contributed by atoms with Crippen molar-refractivity contribution in [3.63, 3.8) is 0 Å². The van der Waals surface area contributed by atoms with E-state index in [1.165, 1.54) is 10.4 Å². The number of thiophene rings is 1. The molecule has 0 unspecified atom stereocenters. The Morgan fingerprint density at radius 3 is 2.78 bits per heavy atom. The number of nitrogens with zero attached hydrogens (tertiary/aromatic N) is 2. The van der Waals surface area contributed by atoms with Crippen molar-refractivity contribution in [2.24, 2.45) is 0 Å². The van der Waals surface area contributed by atoms with Crippen LogP contribution in [0, 0.1) is 13.8 Å². The molecular formula is C17H16N2O2S2. The third kappa shape index (κ3) is 3.54. The van der Waals surface area contributed by atoms with Crippen molar-refractivity contribution in [2.45, 2.75) is 18.9 Å². The molecule has 0 saturated heterocycles. The molecule has 2 aromatic heterocycles. The average Bonchev–Trinajstić information content (AvgIpc) is 2.87. The highest BCUT2D eigenvalue weighted by Crippen LogP contribution is 2.34. The van der Waals surface area contributed by atoms with Gasteiger partial charge in [0.15, 0.2) is 0 Å². The molecule has 0 fully saturated rings. The molecule has 4 nitrogen and oxygen atoms in total. The van der Waals surface area contributed by atoms with Gasteiger partial charge in [0.1, 0.15) is 22.8 Å². The quantitative estimate of drug-likeness (QED) is 0.300. The van der Waals surface area contributed by atoms with Crippen molar-refractivity contribution in [3.8, 4) is 0 Å². The van der Waals surface area contributed by atoms with Crippen LogP contribution in [0.2, 0.25) is 0 Å². The number of fused-ring (bicyclic) bond motifs is 1. The Balaban J connectivity index is 1.60. The van der Waals surface area contributed by atoms with Crippen molar-refractivity contribution in [2.75, 3.05) is 12.4 Å². The maximum absolute atomic E-state index is 11.9. The van der Waals surface area contributed by atoms with Crippen LogP contribution >= 0.6 is 23.1 Å².